The molecule has 0 saturated heterocycles. The van der Waals surface area contributed by atoms with Crippen LogP contribution in [0.3, 0.4) is 0 Å². The molecule has 0 aromatic carbocycles. The summed E-state index contributed by atoms with van der Waals surface area (Å²) in [5.74, 6) is 2.62. The first-order valence-corrected chi connectivity index (χ1v) is 9.00. The molecular weight excluding hydrogens is 228 g/mol. The molecule has 2 aliphatic rings. The Balaban J connectivity index is 1.90. The molecule has 2 aliphatic carbocycles. The Morgan fingerprint density at radius 3 is 2.29 bits per heavy atom. The first-order chi connectivity index (χ1) is 8.11. The minimum atomic E-state index is -1.94. The summed E-state index contributed by atoms with van der Waals surface area (Å²) >= 11 is 0. The summed E-state index contributed by atoms with van der Waals surface area (Å²) in [6, 6.07) is 1.15. The van der Waals surface area contributed by atoms with E-state index in [4.69, 9.17) is 8.85 Å². The summed E-state index contributed by atoms with van der Waals surface area (Å²) < 4.78 is 11.6. The molecule has 1 saturated carbocycles. The third-order valence-corrected chi connectivity index (χ3v) is 8.98. The Labute approximate surface area is 107 Å². The van der Waals surface area contributed by atoms with Crippen LogP contribution in [-0.4, -0.2) is 22.8 Å². The van der Waals surface area contributed by atoms with Crippen molar-refractivity contribution in [2.24, 2.45) is 17.8 Å². The first kappa shape index (κ1) is 13.3. The average Bonchev–Trinajstić information content (AvgIpc) is 2.92. The Kier molecular flexibility index (Phi) is 4.11. The van der Waals surface area contributed by atoms with E-state index < -0.39 is 8.56 Å². The zero-order valence-corrected chi connectivity index (χ0v) is 12.6. The number of allylic oxidation sites excluding steroid dienone is 2. The highest BCUT2D eigenvalue weighted by Gasteiger charge is 2.42. The van der Waals surface area contributed by atoms with Crippen LogP contribution in [0.4, 0.5) is 0 Å². The van der Waals surface area contributed by atoms with Crippen LogP contribution < -0.4 is 0 Å². The van der Waals surface area contributed by atoms with Gasteiger partial charge in [0.25, 0.3) is 0 Å². The van der Waals surface area contributed by atoms with Crippen molar-refractivity contribution in [1.82, 2.24) is 0 Å². The maximum absolute atomic E-state index is 5.79. The second kappa shape index (κ2) is 5.25. The van der Waals surface area contributed by atoms with Gasteiger partial charge in [-0.25, -0.2) is 0 Å². The lowest BCUT2D eigenvalue weighted by Crippen LogP contribution is -2.43. The lowest BCUT2D eigenvalue weighted by atomic mass is 9.91. The molecule has 0 aromatic rings. The Bertz CT molecular complexity index is 284. The third-order valence-electron chi connectivity index (χ3n) is 4.85. The van der Waals surface area contributed by atoms with Crippen LogP contribution >= 0.6 is 0 Å². The minimum Gasteiger partial charge on any atom is -0.397 e. The van der Waals surface area contributed by atoms with E-state index in [0.717, 1.165) is 23.8 Å². The molecular formula is C14H26O2Si. The smallest absolute Gasteiger partial charge is 0.340 e. The molecule has 2 nitrogen and oxygen atoms in total. The molecule has 0 aliphatic heterocycles. The van der Waals surface area contributed by atoms with E-state index >= 15 is 0 Å². The molecule has 3 unspecified atom stereocenters. The Morgan fingerprint density at radius 2 is 1.88 bits per heavy atom. The summed E-state index contributed by atoms with van der Waals surface area (Å²) in [7, 11) is 1.72. The lowest BCUT2D eigenvalue weighted by molar-refractivity contribution is 0.227. The largest absolute Gasteiger partial charge is 0.397 e. The number of fused-ring (bicyclic) bond motifs is 2. The highest BCUT2D eigenvalue weighted by molar-refractivity contribution is 6.68. The summed E-state index contributed by atoms with van der Waals surface area (Å²) in [5, 5.41) is 0. The highest BCUT2D eigenvalue weighted by atomic mass is 28.4. The van der Waals surface area contributed by atoms with Crippen LogP contribution in [0.2, 0.25) is 11.6 Å². The molecule has 0 heterocycles. The van der Waals surface area contributed by atoms with Crippen molar-refractivity contribution in [3.05, 3.63) is 12.2 Å². The van der Waals surface area contributed by atoms with E-state index in [1.165, 1.54) is 19.3 Å². The molecule has 0 N–H and O–H groups in total. The van der Waals surface area contributed by atoms with Crippen molar-refractivity contribution in [2.75, 3.05) is 14.2 Å². The molecule has 0 radical (unpaired) electrons. The van der Waals surface area contributed by atoms with E-state index in [1.54, 1.807) is 0 Å². The minimum absolute atomic E-state index is 0.534. The molecule has 3 atom stereocenters. The number of hydrogen-bond acceptors (Lipinski definition) is 2. The fourth-order valence-electron chi connectivity index (χ4n) is 3.66. The molecule has 0 amide bonds. The second-order valence-corrected chi connectivity index (χ2v) is 10.0. The summed E-state index contributed by atoms with van der Waals surface area (Å²) in [4.78, 5) is 0. The van der Waals surface area contributed by atoms with Gasteiger partial charge in [0, 0.05) is 14.2 Å². The van der Waals surface area contributed by atoms with E-state index in [0.29, 0.717) is 5.54 Å². The van der Waals surface area contributed by atoms with E-state index in [-0.39, 0.29) is 0 Å². The molecule has 3 heteroatoms. The molecule has 0 spiro atoms. The van der Waals surface area contributed by atoms with Gasteiger partial charge in [-0.15, -0.1) is 0 Å². The molecule has 98 valence electrons. The van der Waals surface area contributed by atoms with Gasteiger partial charge in [-0.05, 0) is 48.6 Å². The van der Waals surface area contributed by atoms with E-state index in [9.17, 15) is 0 Å². The molecule has 17 heavy (non-hydrogen) atoms. The van der Waals surface area contributed by atoms with Crippen molar-refractivity contribution in [3.8, 4) is 0 Å². The quantitative estimate of drug-likeness (QED) is 0.531. The Morgan fingerprint density at radius 1 is 1.18 bits per heavy atom. The first-order valence-electron chi connectivity index (χ1n) is 6.90. The van der Waals surface area contributed by atoms with Gasteiger partial charge in [-0.1, -0.05) is 26.0 Å². The SMILES string of the molecule is CO[Si](CCC1CC2C=CC1C2)(OC)C(C)C. The lowest BCUT2D eigenvalue weighted by Gasteiger charge is -2.32. The predicted octanol–water partition coefficient (Wildman–Crippen LogP) is 3.73. The highest BCUT2D eigenvalue weighted by Crippen LogP contribution is 2.46. The standard InChI is InChI=1S/C14H26O2Si/c1-11(2)17(15-3,16-4)8-7-14-10-12-5-6-13(14)9-12/h5-6,11-14H,7-10H2,1-4H3. The van der Waals surface area contributed by atoms with Gasteiger partial charge in [-0.2, -0.15) is 0 Å². The van der Waals surface area contributed by atoms with Crippen molar-refractivity contribution in [2.45, 2.75) is 44.7 Å². The zero-order chi connectivity index (χ0) is 12.5. The monoisotopic (exact) mass is 254 g/mol. The summed E-state index contributed by atoms with van der Waals surface area (Å²) in [6.07, 6.45) is 8.95. The van der Waals surface area contributed by atoms with Gasteiger partial charge in [0.15, 0.2) is 0 Å². The van der Waals surface area contributed by atoms with Gasteiger partial charge in [0.2, 0.25) is 0 Å². The molecule has 0 aromatic heterocycles. The van der Waals surface area contributed by atoms with Crippen molar-refractivity contribution < 1.29 is 8.85 Å². The van der Waals surface area contributed by atoms with Crippen molar-refractivity contribution in [1.29, 1.82) is 0 Å². The van der Waals surface area contributed by atoms with Crippen LogP contribution in [0.1, 0.15) is 33.1 Å². The normalized spacial score (nSPS) is 31.7. The van der Waals surface area contributed by atoms with E-state index in [1.807, 2.05) is 14.2 Å². The average molecular weight is 254 g/mol. The van der Waals surface area contributed by atoms with Crippen LogP contribution in [-0.2, 0) is 8.85 Å². The Hall–Kier alpha value is -0.123. The molecule has 1 fully saturated rings. The van der Waals surface area contributed by atoms with Gasteiger partial charge >= 0.3 is 8.56 Å². The van der Waals surface area contributed by atoms with Crippen molar-refractivity contribution >= 4 is 8.56 Å². The number of hydrogen-bond donors (Lipinski definition) is 0. The third kappa shape index (κ3) is 2.51. The van der Waals surface area contributed by atoms with Gasteiger partial charge < -0.3 is 8.85 Å². The zero-order valence-electron chi connectivity index (χ0n) is 11.6. The maximum atomic E-state index is 5.79. The van der Waals surface area contributed by atoms with Crippen LogP contribution in [0.25, 0.3) is 0 Å². The van der Waals surface area contributed by atoms with Crippen molar-refractivity contribution in [3.63, 3.8) is 0 Å². The van der Waals surface area contributed by atoms with Crippen LogP contribution in [0.5, 0.6) is 0 Å². The van der Waals surface area contributed by atoms with Gasteiger partial charge in [0.05, 0.1) is 0 Å². The predicted molar refractivity (Wildman–Crippen MR) is 73.1 cm³/mol. The number of rotatable bonds is 6. The fourth-order valence-corrected chi connectivity index (χ4v) is 6.53. The summed E-state index contributed by atoms with van der Waals surface area (Å²) in [6.45, 7) is 4.47. The molecule has 2 bridgehead atoms. The fraction of sp³-hybridized carbons (Fsp3) is 0.857. The van der Waals surface area contributed by atoms with E-state index in [2.05, 4.69) is 26.0 Å². The van der Waals surface area contributed by atoms with Gasteiger partial charge in [-0.3, -0.25) is 0 Å². The maximum Gasteiger partial charge on any atom is 0.340 e. The topological polar surface area (TPSA) is 18.5 Å². The summed E-state index contributed by atoms with van der Waals surface area (Å²) in [5.41, 5.74) is 0.534. The second-order valence-electron chi connectivity index (χ2n) is 5.95. The van der Waals surface area contributed by atoms with Crippen LogP contribution in [0.15, 0.2) is 12.2 Å². The van der Waals surface area contributed by atoms with Gasteiger partial charge in [0.1, 0.15) is 0 Å². The van der Waals surface area contributed by atoms with Crippen LogP contribution in [0, 0.1) is 17.8 Å². The molecule has 2 rings (SSSR count).